The molecule has 0 saturated carbocycles. The summed E-state index contributed by atoms with van der Waals surface area (Å²) >= 11 is 0. The van der Waals surface area contributed by atoms with E-state index in [2.05, 4.69) is 15.4 Å². The predicted octanol–water partition coefficient (Wildman–Crippen LogP) is 3.29. The van der Waals surface area contributed by atoms with Crippen LogP contribution in [0, 0.1) is 5.82 Å². The second kappa shape index (κ2) is 6.67. The molecular formula is C15H21FN4O. The fourth-order valence-corrected chi connectivity index (χ4v) is 1.75. The van der Waals surface area contributed by atoms with E-state index >= 15 is 0 Å². The third kappa shape index (κ3) is 4.01. The van der Waals surface area contributed by atoms with Gasteiger partial charge in [-0.15, -0.1) is 0 Å². The van der Waals surface area contributed by atoms with E-state index in [1.165, 1.54) is 0 Å². The summed E-state index contributed by atoms with van der Waals surface area (Å²) in [5, 5.41) is 7.33. The summed E-state index contributed by atoms with van der Waals surface area (Å²) in [5.41, 5.74) is 0.532. The molecule has 0 aliphatic carbocycles. The van der Waals surface area contributed by atoms with Crippen molar-refractivity contribution in [3.05, 3.63) is 36.0 Å². The topological polar surface area (TPSA) is 52.0 Å². The first kappa shape index (κ1) is 15.4. The quantitative estimate of drug-likeness (QED) is 0.887. The zero-order valence-corrected chi connectivity index (χ0v) is 12.8. The summed E-state index contributed by atoms with van der Waals surface area (Å²) in [4.78, 5) is 3.95. The Labute approximate surface area is 124 Å². The minimum absolute atomic E-state index is 0.0265. The van der Waals surface area contributed by atoms with Gasteiger partial charge in [0.1, 0.15) is 0 Å². The summed E-state index contributed by atoms with van der Waals surface area (Å²) in [6.07, 6.45) is 4.83. The van der Waals surface area contributed by atoms with E-state index in [9.17, 15) is 4.39 Å². The standard InChI is InChI=1S/C15H21FN4O/c1-10(2)18-7-12-5-6-17-15(14(12)16)21-13-8-19-20(9-13)11(3)4/h5-6,8-11,18H,7H2,1-4H3. The fraction of sp³-hybridized carbons (Fsp3) is 0.467. The van der Waals surface area contributed by atoms with Gasteiger partial charge in [0.25, 0.3) is 5.88 Å². The minimum atomic E-state index is -0.442. The molecule has 0 unspecified atom stereocenters. The van der Waals surface area contributed by atoms with Crippen LogP contribution in [0.15, 0.2) is 24.7 Å². The maximum atomic E-state index is 14.3. The molecule has 0 aliphatic heterocycles. The molecule has 0 aliphatic rings. The molecule has 0 amide bonds. The summed E-state index contributed by atoms with van der Waals surface area (Å²) in [7, 11) is 0. The Bertz CT molecular complexity index is 595. The number of nitrogens with one attached hydrogen (secondary N) is 1. The van der Waals surface area contributed by atoms with E-state index < -0.39 is 5.82 Å². The number of halogens is 1. The lowest BCUT2D eigenvalue weighted by Gasteiger charge is -2.10. The van der Waals surface area contributed by atoms with Crippen molar-refractivity contribution in [2.45, 2.75) is 46.3 Å². The van der Waals surface area contributed by atoms with Gasteiger partial charge in [0.15, 0.2) is 11.6 Å². The van der Waals surface area contributed by atoms with Gasteiger partial charge in [0.05, 0.1) is 12.4 Å². The summed E-state index contributed by atoms with van der Waals surface area (Å²) in [6.45, 7) is 8.48. The van der Waals surface area contributed by atoms with Crippen molar-refractivity contribution in [3.63, 3.8) is 0 Å². The van der Waals surface area contributed by atoms with Gasteiger partial charge in [0, 0.05) is 30.4 Å². The van der Waals surface area contributed by atoms with Crippen LogP contribution in [0.25, 0.3) is 0 Å². The Morgan fingerprint density at radius 2 is 2.10 bits per heavy atom. The highest BCUT2D eigenvalue weighted by Crippen LogP contribution is 2.24. The Kier molecular flexibility index (Phi) is 4.90. The summed E-state index contributed by atoms with van der Waals surface area (Å²) in [6, 6.07) is 2.16. The normalized spacial score (nSPS) is 11.4. The van der Waals surface area contributed by atoms with E-state index in [-0.39, 0.29) is 18.0 Å². The van der Waals surface area contributed by atoms with Crippen LogP contribution in [-0.4, -0.2) is 20.8 Å². The number of aromatic nitrogens is 3. The fourth-order valence-electron chi connectivity index (χ4n) is 1.75. The van der Waals surface area contributed by atoms with Crippen molar-refractivity contribution in [2.75, 3.05) is 0 Å². The van der Waals surface area contributed by atoms with Gasteiger partial charge in [-0.3, -0.25) is 4.68 Å². The number of nitrogens with zero attached hydrogens (tertiary/aromatic N) is 3. The molecule has 0 aromatic carbocycles. The van der Waals surface area contributed by atoms with Crippen molar-refractivity contribution in [2.24, 2.45) is 0 Å². The van der Waals surface area contributed by atoms with Crippen LogP contribution >= 0.6 is 0 Å². The minimum Gasteiger partial charge on any atom is -0.433 e. The van der Waals surface area contributed by atoms with Gasteiger partial charge >= 0.3 is 0 Å². The number of pyridine rings is 1. The molecule has 6 heteroatoms. The molecule has 2 heterocycles. The van der Waals surface area contributed by atoms with Crippen molar-refractivity contribution >= 4 is 0 Å². The Hall–Kier alpha value is -1.95. The third-order valence-corrected chi connectivity index (χ3v) is 2.96. The molecule has 0 saturated heterocycles. The number of ether oxygens (including phenoxy) is 1. The van der Waals surface area contributed by atoms with Gasteiger partial charge in [-0.05, 0) is 19.9 Å². The molecule has 0 radical (unpaired) electrons. The highest BCUT2D eigenvalue weighted by Gasteiger charge is 2.13. The van der Waals surface area contributed by atoms with Gasteiger partial charge < -0.3 is 10.1 Å². The van der Waals surface area contributed by atoms with Crippen molar-refractivity contribution in [3.8, 4) is 11.6 Å². The molecule has 5 nitrogen and oxygen atoms in total. The maximum Gasteiger partial charge on any atom is 0.256 e. The van der Waals surface area contributed by atoms with E-state index in [1.54, 1.807) is 29.3 Å². The highest BCUT2D eigenvalue weighted by molar-refractivity contribution is 5.28. The molecular weight excluding hydrogens is 271 g/mol. The molecule has 1 N–H and O–H groups in total. The van der Waals surface area contributed by atoms with Crippen LogP contribution in [0.5, 0.6) is 11.6 Å². The van der Waals surface area contributed by atoms with Crippen molar-refractivity contribution < 1.29 is 9.13 Å². The largest absolute Gasteiger partial charge is 0.433 e. The molecule has 114 valence electrons. The van der Waals surface area contributed by atoms with Crippen LogP contribution in [0.3, 0.4) is 0 Å². The van der Waals surface area contributed by atoms with Crippen molar-refractivity contribution in [1.29, 1.82) is 0 Å². The maximum absolute atomic E-state index is 14.3. The molecule has 2 aromatic heterocycles. The molecule has 0 spiro atoms. The van der Waals surface area contributed by atoms with Gasteiger partial charge in [0.2, 0.25) is 0 Å². The Balaban J connectivity index is 2.14. The smallest absolute Gasteiger partial charge is 0.256 e. The summed E-state index contributed by atoms with van der Waals surface area (Å²) in [5.74, 6) is 0.00776. The van der Waals surface area contributed by atoms with Gasteiger partial charge in [-0.1, -0.05) is 13.8 Å². The van der Waals surface area contributed by atoms with Crippen LogP contribution in [0.4, 0.5) is 4.39 Å². The Morgan fingerprint density at radius 1 is 1.33 bits per heavy atom. The zero-order valence-electron chi connectivity index (χ0n) is 12.8. The lowest BCUT2D eigenvalue weighted by molar-refractivity contribution is 0.414. The van der Waals surface area contributed by atoms with Gasteiger partial charge in [-0.25, -0.2) is 9.37 Å². The lowest BCUT2D eigenvalue weighted by atomic mass is 10.2. The summed E-state index contributed by atoms with van der Waals surface area (Å²) < 4.78 is 21.6. The third-order valence-electron chi connectivity index (χ3n) is 2.96. The molecule has 2 aromatic rings. The SMILES string of the molecule is CC(C)NCc1ccnc(Oc2cnn(C(C)C)c2)c1F. The van der Waals surface area contributed by atoms with Crippen LogP contribution in [0.2, 0.25) is 0 Å². The van der Waals surface area contributed by atoms with E-state index in [0.717, 1.165) is 0 Å². The molecule has 0 bridgehead atoms. The van der Waals surface area contributed by atoms with Crippen LogP contribution in [-0.2, 0) is 6.54 Å². The second-order valence-electron chi connectivity index (χ2n) is 5.48. The van der Waals surface area contributed by atoms with Gasteiger partial charge in [-0.2, -0.15) is 5.10 Å². The lowest BCUT2D eigenvalue weighted by Crippen LogP contribution is -2.22. The van der Waals surface area contributed by atoms with Crippen LogP contribution < -0.4 is 10.1 Å². The highest BCUT2D eigenvalue weighted by atomic mass is 19.1. The first-order chi connectivity index (χ1) is 9.97. The number of hydrogen-bond acceptors (Lipinski definition) is 4. The monoisotopic (exact) mass is 292 g/mol. The molecule has 2 rings (SSSR count). The zero-order chi connectivity index (χ0) is 15.4. The molecule has 0 atom stereocenters. The van der Waals surface area contributed by atoms with E-state index in [0.29, 0.717) is 17.9 Å². The first-order valence-electron chi connectivity index (χ1n) is 7.06. The molecule has 0 fully saturated rings. The number of rotatable bonds is 6. The van der Waals surface area contributed by atoms with E-state index in [4.69, 9.17) is 4.74 Å². The second-order valence-corrected chi connectivity index (χ2v) is 5.48. The average Bonchev–Trinajstić information content (AvgIpc) is 2.88. The van der Waals surface area contributed by atoms with Crippen molar-refractivity contribution in [1.82, 2.24) is 20.1 Å². The first-order valence-corrected chi connectivity index (χ1v) is 7.06. The molecule has 21 heavy (non-hydrogen) atoms. The predicted molar refractivity (Wildman–Crippen MR) is 78.9 cm³/mol. The van der Waals surface area contributed by atoms with Crippen LogP contribution in [0.1, 0.15) is 39.3 Å². The average molecular weight is 292 g/mol. The van der Waals surface area contributed by atoms with E-state index in [1.807, 2.05) is 27.7 Å². The number of hydrogen-bond donors (Lipinski definition) is 1. The Morgan fingerprint density at radius 3 is 2.71 bits per heavy atom.